The fourth-order valence-electron chi connectivity index (χ4n) is 2.63. The number of hydrogen-bond acceptors (Lipinski definition) is 6. The highest BCUT2D eigenvalue weighted by atomic mass is 16.6. The Labute approximate surface area is 142 Å². The minimum Gasteiger partial charge on any atom is -0.466 e. The van der Waals surface area contributed by atoms with Crippen LogP contribution >= 0.6 is 0 Å². The van der Waals surface area contributed by atoms with Crippen LogP contribution in [0.3, 0.4) is 0 Å². The lowest BCUT2D eigenvalue weighted by Crippen LogP contribution is -2.33. The van der Waals surface area contributed by atoms with Crippen molar-refractivity contribution in [3.63, 3.8) is 0 Å². The molecule has 9 nitrogen and oxygen atoms in total. The van der Waals surface area contributed by atoms with E-state index >= 15 is 0 Å². The zero-order chi connectivity index (χ0) is 18.7. The zero-order valence-corrected chi connectivity index (χ0v) is 13.3. The molecule has 1 aliphatic heterocycles. The van der Waals surface area contributed by atoms with Gasteiger partial charge in [-0.3, -0.25) is 10.1 Å². The molecule has 0 spiro atoms. The van der Waals surface area contributed by atoms with Crippen molar-refractivity contribution in [1.29, 1.82) is 5.26 Å². The first-order chi connectivity index (χ1) is 11.8. The summed E-state index contributed by atoms with van der Waals surface area (Å²) in [4.78, 5) is 34.7. The van der Waals surface area contributed by atoms with Crippen molar-refractivity contribution < 1.29 is 24.4 Å². The number of carboxylic acid groups (broad SMARTS) is 1. The molecule has 0 aromatic heterocycles. The maximum absolute atomic E-state index is 12.2. The van der Waals surface area contributed by atoms with Gasteiger partial charge in [0.2, 0.25) is 0 Å². The van der Waals surface area contributed by atoms with Crippen molar-refractivity contribution in [2.45, 2.75) is 12.8 Å². The summed E-state index contributed by atoms with van der Waals surface area (Å²) in [6, 6.07) is 7.27. The molecule has 1 amide bonds. The topological polar surface area (TPSA) is 134 Å². The molecule has 0 bridgehead atoms. The van der Waals surface area contributed by atoms with E-state index in [2.05, 4.69) is 4.74 Å². The number of allylic oxidation sites excluding steroid dienone is 3. The van der Waals surface area contributed by atoms with E-state index < -0.39 is 28.6 Å². The molecule has 1 heterocycles. The van der Waals surface area contributed by atoms with E-state index in [9.17, 15) is 30.1 Å². The summed E-state index contributed by atoms with van der Waals surface area (Å²) in [7, 11) is 1.10. The number of carbonyl (C=O) groups is 2. The average molecular weight is 343 g/mol. The molecule has 1 atom stereocenters. The van der Waals surface area contributed by atoms with Gasteiger partial charge >= 0.3 is 12.1 Å². The number of nitriles is 1. The first-order valence-corrected chi connectivity index (χ1v) is 7.00. The number of ether oxygens (including phenoxy) is 1. The Balaban J connectivity index is 2.71. The largest absolute Gasteiger partial charge is 0.466 e. The third-order valence-electron chi connectivity index (χ3n) is 3.69. The van der Waals surface area contributed by atoms with Crippen LogP contribution < -0.4 is 0 Å². The van der Waals surface area contributed by atoms with Gasteiger partial charge in [-0.15, -0.1) is 0 Å². The second kappa shape index (κ2) is 6.84. The number of nitro groups is 1. The third-order valence-corrected chi connectivity index (χ3v) is 3.69. The van der Waals surface area contributed by atoms with E-state index in [-0.39, 0.29) is 17.0 Å². The molecule has 2 rings (SSSR count). The Morgan fingerprint density at radius 3 is 2.64 bits per heavy atom. The predicted octanol–water partition coefficient (Wildman–Crippen LogP) is 2.53. The summed E-state index contributed by atoms with van der Waals surface area (Å²) in [5.74, 6) is -1.74. The molecule has 0 fully saturated rings. The van der Waals surface area contributed by atoms with Gasteiger partial charge in [-0.2, -0.15) is 5.26 Å². The highest BCUT2D eigenvalue weighted by molar-refractivity contribution is 5.94. The minimum absolute atomic E-state index is 0.188. The summed E-state index contributed by atoms with van der Waals surface area (Å²) in [5.41, 5.74) is -0.207. The Kier molecular flexibility index (Phi) is 4.84. The van der Waals surface area contributed by atoms with E-state index in [1.165, 1.54) is 31.2 Å². The monoisotopic (exact) mass is 343 g/mol. The van der Waals surface area contributed by atoms with Gasteiger partial charge in [-0.1, -0.05) is 18.2 Å². The van der Waals surface area contributed by atoms with Crippen LogP contribution in [-0.2, 0) is 9.53 Å². The third kappa shape index (κ3) is 3.18. The molecule has 1 aliphatic rings. The summed E-state index contributed by atoms with van der Waals surface area (Å²) < 4.78 is 4.68. The molecular formula is C16H13N3O6. The molecule has 0 saturated carbocycles. The van der Waals surface area contributed by atoms with Crippen LogP contribution in [0, 0.1) is 21.4 Å². The van der Waals surface area contributed by atoms with Crippen LogP contribution in [0.5, 0.6) is 0 Å². The number of rotatable bonds is 3. The van der Waals surface area contributed by atoms with Crippen LogP contribution in [-0.4, -0.2) is 34.1 Å². The van der Waals surface area contributed by atoms with Gasteiger partial charge in [0, 0.05) is 23.7 Å². The number of methoxy groups -OCH3 is 1. The van der Waals surface area contributed by atoms with Crippen LogP contribution in [0.2, 0.25) is 0 Å². The van der Waals surface area contributed by atoms with Gasteiger partial charge in [-0.25, -0.2) is 14.5 Å². The summed E-state index contributed by atoms with van der Waals surface area (Å²) >= 11 is 0. The molecule has 1 N–H and O–H groups in total. The number of carbonyl (C=O) groups excluding carboxylic acids is 1. The first-order valence-electron chi connectivity index (χ1n) is 7.00. The second-order valence-electron chi connectivity index (χ2n) is 5.12. The number of non-ortho nitro benzene ring substituents is 1. The zero-order valence-electron chi connectivity index (χ0n) is 13.3. The SMILES string of the molecule is COC(=O)C1=C(C#N)N(C(=O)O)C(C)=CC1c1cccc([N+](=O)[O-])c1. The average Bonchev–Trinajstić information content (AvgIpc) is 2.59. The van der Waals surface area contributed by atoms with Crippen molar-refractivity contribution >= 4 is 17.7 Å². The lowest BCUT2D eigenvalue weighted by Gasteiger charge is -2.29. The Bertz CT molecular complexity index is 865. The highest BCUT2D eigenvalue weighted by Gasteiger charge is 2.36. The lowest BCUT2D eigenvalue weighted by molar-refractivity contribution is -0.384. The molecule has 1 unspecified atom stereocenters. The number of nitrogens with zero attached hydrogens (tertiary/aromatic N) is 3. The fourth-order valence-corrected chi connectivity index (χ4v) is 2.63. The molecule has 128 valence electrons. The Hall–Kier alpha value is -3.67. The van der Waals surface area contributed by atoms with E-state index in [0.29, 0.717) is 10.5 Å². The van der Waals surface area contributed by atoms with Gasteiger partial charge in [0.05, 0.1) is 17.6 Å². The van der Waals surface area contributed by atoms with E-state index in [4.69, 9.17) is 0 Å². The molecular weight excluding hydrogens is 330 g/mol. The smallest absolute Gasteiger partial charge is 0.416 e. The maximum atomic E-state index is 12.2. The summed E-state index contributed by atoms with van der Waals surface area (Å²) in [5, 5.41) is 29.7. The van der Waals surface area contributed by atoms with Crippen molar-refractivity contribution in [3.05, 3.63) is 63.0 Å². The van der Waals surface area contributed by atoms with E-state index in [0.717, 1.165) is 7.11 Å². The predicted molar refractivity (Wildman–Crippen MR) is 84.1 cm³/mol. The van der Waals surface area contributed by atoms with Crippen molar-refractivity contribution in [2.24, 2.45) is 0 Å². The van der Waals surface area contributed by atoms with Gasteiger partial charge in [0.1, 0.15) is 11.8 Å². The van der Waals surface area contributed by atoms with Gasteiger partial charge < -0.3 is 9.84 Å². The molecule has 1 aromatic rings. The minimum atomic E-state index is -1.43. The maximum Gasteiger partial charge on any atom is 0.416 e. The molecule has 9 heteroatoms. The van der Waals surface area contributed by atoms with E-state index in [1.807, 2.05) is 0 Å². The second-order valence-corrected chi connectivity index (χ2v) is 5.12. The molecule has 0 radical (unpaired) electrons. The van der Waals surface area contributed by atoms with Gasteiger partial charge in [-0.05, 0) is 12.5 Å². The number of benzene rings is 1. The summed E-state index contributed by atoms with van der Waals surface area (Å²) in [6.07, 6.45) is 0.0180. The van der Waals surface area contributed by atoms with Crippen molar-refractivity contribution in [2.75, 3.05) is 7.11 Å². The van der Waals surface area contributed by atoms with Crippen LogP contribution in [0.25, 0.3) is 0 Å². The van der Waals surface area contributed by atoms with Gasteiger partial charge in [0.25, 0.3) is 5.69 Å². The highest BCUT2D eigenvalue weighted by Crippen LogP contribution is 2.37. The molecule has 0 aliphatic carbocycles. The molecule has 0 saturated heterocycles. The molecule has 1 aromatic carbocycles. The van der Waals surface area contributed by atoms with Crippen LogP contribution in [0.4, 0.5) is 10.5 Å². The Morgan fingerprint density at radius 1 is 1.44 bits per heavy atom. The Morgan fingerprint density at radius 2 is 2.12 bits per heavy atom. The number of amides is 1. The number of hydrogen-bond donors (Lipinski definition) is 1. The van der Waals surface area contributed by atoms with Crippen molar-refractivity contribution in [3.8, 4) is 6.07 Å². The number of nitro benzene ring substituents is 1. The quantitative estimate of drug-likeness (QED) is 0.506. The lowest BCUT2D eigenvalue weighted by atomic mass is 9.86. The van der Waals surface area contributed by atoms with Gasteiger partial charge in [0.15, 0.2) is 0 Å². The standard InChI is InChI=1S/C16H13N3O6/c1-9-6-12(10-4-3-5-11(7-10)19(23)24)14(15(20)25-2)13(8-17)18(9)16(21)22/h3-7,12H,1-2H3,(H,21,22). The summed E-state index contributed by atoms with van der Waals surface area (Å²) in [6.45, 7) is 1.46. The normalized spacial score (nSPS) is 16.8. The van der Waals surface area contributed by atoms with E-state index in [1.54, 1.807) is 12.1 Å². The first kappa shape index (κ1) is 17.7. The van der Waals surface area contributed by atoms with Crippen molar-refractivity contribution in [1.82, 2.24) is 4.90 Å². The van der Waals surface area contributed by atoms with Crippen LogP contribution in [0.1, 0.15) is 18.4 Å². The fraction of sp³-hybridized carbons (Fsp3) is 0.188. The van der Waals surface area contributed by atoms with Crippen LogP contribution in [0.15, 0.2) is 47.3 Å². The number of esters is 1. The molecule has 25 heavy (non-hydrogen) atoms.